The Kier molecular flexibility index (Phi) is 10.8. The first-order chi connectivity index (χ1) is 19.4. The van der Waals surface area contributed by atoms with E-state index in [0.29, 0.717) is 36.9 Å². The van der Waals surface area contributed by atoms with Crippen molar-refractivity contribution < 1.29 is 28.4 Å². The molecule has 0 bridgehead atoms. The van der Waals surface area contributed by atoms with Crippen LogP contribution in [0.2, 0.25) is 0 Å². The molecule has 0 aliphatic carbocycles. The van der Waals surface area contributed by atoms with E-state index in [-0.39, 0.29) is 24.8 Å². The monoisotopic (exact) mass is 568 g/mol. The minimum absolute atomic E-state index is 0.217. The molecule has 0 aromatic heterocycles. The van der Waals surface area contributed by atoms with Crippen molar-refractivity contribution in [3.05, 3.63) is 57.6 Å². The molecule has 0 spiro atoms. The zero-order valence-electron chi connectivity index (χ0n) is 26.9. The quantitative estimate of drug-likeness (QED) is 0.151. The van der Waals surface area contributed by atoms with Gasteiger partial charge in [-0.25, -0.2) is 0 Å². The van der Waals surface area contributed by atoms with E-state index >= 15 is 0 Å². The van der Waals surface area contributed by atoms with Crippen LogP contribution in [0.25, 0.3) is 0 Å². The lowest BCUT2D eigenvalue weighted by atomic mass is 9.87. The van der Waals surface area contributed by atoms with Gasteiger partial charge in [0.05, 0.1) is 26.4 Å². The average molecular weight is 569 g/mol. The fourth-order valence-electron chi connectivity index (χ4n) is 5.12. The Morgan fingerprint density at radius 1 is 0.561 bits per heavy atom. The predicted octanol–water partition coefficient (Wildman–Crippen LogP) is 8.05. The summed E-state index contributed by atoms with van der Waals surface area (Å²) >= 11 is 0. The van der Waals surface area contributed by atoms with Gasteiger partial charge in [-0.3, -0.25) is 0 Å². The largest absolute Gasteiger partial charge is 0.465 e. The zero-order chi connectivity index (χ0) is 29.8. The Labute approximate surface area is 248 Å². The van der Waals surface area contributed by atoms with Gasteiger partial charge >= 0.3 is 0 Å². The number of ether oxygens (including phenoxy) is 6. The molecule has 6 nitrogen and oxygen atoms in total. The second-order valence-corrected chi connectivity index (χ2v) is 13.0. The van der Waals surface area contributed by atoms with E-state index in [1.165, 1.54) is 33.4 Å². The minimum atomic E-state index is -0.335. The van der Waals surface area contributed by atoms with Crippen LogP contribution >= 0.6 is 0 Å². The normalized spacial score (nSPS) is 19.8. The van der Waals surface area contributed by atoms with Crippen LogP contribution in [0.5, 0.6) is 11.5 Å². The van der Waals surface area contributed by atoms with Crippen LogP contribution in [0.1, 0.15) is 126 Å². The molecule has 2 heterocycles. The van der Waals surface area contributed by atoms with E-state index < -0.39 is 0 Å². The molecule has 0 N–H and O–H groups in total. The zero-order valence-corrected chi connectivity index (χ0v) is 26.9. The third kappa shape index (κ3) is 8.93. The lowest BCUT2D eigenvalue weighted by molar-refractivity contribution is -0.0721. The second-order valence-electron chi connectivity index (χ2n) is 13.0. The van der Waals surface area contributed by atoms with E-state index in [2.05, 4.69) is 79.7 Å². The summed E-state index contributed by atoms with van der Waals surface area (Å²) in [5.74, 6) is 3.19. The molecule has 2 aromatic rings. The van der Waals surface area contributed by atoms with Gasteiger partial charge in [-0.05, 0) is 77.3 Å². The number of epoxide rings is 2. The van der Waals surface area contributed by atoms with Gasteiger partial charge in [0.15, 0.2) is 12.6 Å². The summed E-state index contributed by atoms with van der Waals surface area (Å²) in [6, 6.07) is 9.31. The lowest BCUT2D eigenvalue weighted by Crippen LogP contribution is -2.21. The van der Waals surface area contributed by atoms with Crippen molar-refractivity contribution in [3.63, 3.8) is 0 Å². The molecular weight excluding hydrogens is 516 g/mol. The van der Waals surface area contributed by atoms with Gasteiger partial charge in [0.1, 0.15) is 23.7 Å². The first kappa shape index (κ1) is 31.8. The molecule has 2 aliphatic heterocycles. The van der Waals surface area contributed by atoms with Crippen LogP contribution in [-0.2, 0) is 25.4 Å². The van der Waals surface area contributed by atoms with Crippen molar-refractivity contribution in [2.24, 2.45) is 0 Å². The van der Waals surface area contributed by atoms with Crippen molar-refractivity contribution in [1.29, 1.82) is 0 Å². The van der Waals surface area contributed by atoms with Crippen LogP contribution in [0.15, 0.2) is 24.3 Å². The van der Waals surface area contributed by atoms with Gasteiger partial charge in [0.25, 0.3) is 0 Å². The van der Waals surface area contributed by atoms with Crippen LogP contribution in [0.4, 0.5) is 0 Å². The van der Waals surface area contributed by atoms with Gasteiger partial charge in [-0.2, -0.15) is 0 Å². The first-order valence-electron chi connectivity index (χ1n) is 15.6. The van der Waals surface area contributed by atoms with Crippen molar-refractivity contribution >= 4 is 0 Å². The number of hydrogen-bond donors (Lipinski definition) is 0. The number of benzene rings is 2. The lowest BCUT2D eigenvalue weighted by Gasteiger charge is -2.26. The van der Waals surface area contributed by atoms with Crippen molar-refractivity contribution in [2.75, 3.05) is 26.4 Å². The maximum absolute atomic E-state index is 6.46. The van der Waals surface area contributed by atoms with Crippen molar-refractivity contribution in [2.45, 2.75) is 124 Å². The van der Waals surface area contributed by atoms with E-state index in [0.717, 1.165) is 31.1 Å². The van der Waals surface area contributed by atoms with E-state index in [9.17, 15) is 0 Å². The van der Waals surface area contributed by atoms with Crippen LogP contribution in [0.3, 0.4) is 0 Å². The Bertz CT molecular complexity index is 998. The molecule has 0 saturated carbocycles. The van der Waals surface area contributed by atoms with Gasteiger partial charge in [-0.1, -0.05) is 79.7 Å². The summed E-state index contributed by atoms with van der Waals surface area (Å²) in [6.07, 6.45) is 0.606. The Morgan fingerprint density at radius 3 is 1.10 bits per heavy atom. The molecule has 2 aliphatic rings. The number of hydrogen-bond acceptors (Lipinski definition) is 6. The molecule has 2 fully saturated rings. The molecular formula is C35H52O6. The molecule has 4 unspecified atom stereocenters. The SMILES string of the molecule is CC(OCC1CO1)Oc1c(C(C)C)cc(Cc2cc(C(C)C)c(OC(C)OCC3CO3)c(C(C)C)c2)cc1C(C)C. The second kappa shape index (κ2) is 13.9. The standard InChI is InChI=1S/C35H52O6/c1-20(2)30-12-26(13-31(21(3)4)34(30)40-24(9)36-16-28-18-38-28)11-27-14-32(22(5)6)35(33(15-27)23(7)8)41-25(10)37-17-29-19-39-29/h12-15,20-25,28-29H,11,16-19H2,1-10H3. The van der Waals surface area contributed by atoms with Crippen molar-refractivity contribution in [3.8, 4) is 11.5 Å². The van der Waals surface area contributed by atoms with E-state index in [4.69, 9.17) is 28.4 Å². The highest BCUT2D eigenvalue weighted by molar-refractivity contribution is 5.52. The van der Waals surface area contributed by atoms with Crippen LogP contribution < -0.4 is 9.47 Å². The highest BCUT2D eigenvalue weighted by atomic mass is 16.7. The first-order valence-corrected chi connectivity index (χ1v) is 15.6. The van der Waals surface area contributed by atoms with E-state index in [1.54, 1.807) is 0 Å². The summed E-state index contributed by atoms with van der Waals surface area (Å²) in [5, 5.41) is 0. The van der Waals surface area contributed by atoms with E-state index in [1.807, 2.05) is 13.8 Å². The highest BCUT2D eigenvalue weighted by Gasteiger charge is 2.27. The molecule has 6 heteroatoms. The van der Waals surface area contributed by atoms with Crippen LogP contribution in [0, 0.1) is 0 Å². The molecule has 228 valence electrons. The summed E-state index contributed by atoms with van der Waals surface area (Å²) < 4.78 is 35.4. The molecule has 4 atom stereocenters. The molecule has 41 heavy (non-hydrogen) atoms. The molecule has 2 saturated heterocycles. The Balaban J connectivity index is 1.63. The maximum Gasteiger partial charge on any atom is 0.197 e. The highest BCUT2D eigenvalue weighted by Crippen LogP contribution is 2.40. The Hall–Kier alpha value is -2.12. The molecule has 2 aromatic carbocycles. The molecule has 0 amide bonds. The minimum Gasteiger partial charge on any atom is -0.465 e. The Morgan fingerprint density at radius 2 is 0.854 bits per heavy atom. The summed E-state index contributed by atoms with van der Waals surface area (Å²) in [7, 11) is 0. The van der Waals surface area contributed by atoms with Crippen molar-refractivity contribution in [1.82, 2.24) is 0 Å². The topological polar surface area (TPSA) is 62.0 Å². The molecule has 4 rings (SSSR count). The van der Waals surface area contributed by atoms with Crippen LogP contribution in [-0.4, -0.2) is 51.2 Å². The molecule has 0 radical (unpaired) electrons. The maximum atomic E-state index is 6.46. The third-order valence-electron chi connectivity index (χ3n) is 7.71. The fraction of sp³-hybridized carbons (Fsp3) is 0.657. The van der Waals surface area contributed by atoms with Gasteiger partial charge in [-0.15, -0.1) is 0 Å². The van der Waals surface area contributed by atoms with Gasteiger partial charge in [0.2, 0.25) is 0 Å². The fourth-order valence-corrected chi connectivity index (χ4v) is 5.12. The summed E-state index contributed by atoms with van der Waals surface area (Å²) in [4.78, 5) is 0. The van der Waals surface area contributed by atoms with Gasteiger partial charge < -0.3 is 28.4 Å². The number of rotatable bonds is 16. The third-order valence-corrected chi connectivity index (χ3v) is 7.71. The average Bonchev–Trinajstić information content (AvgIpc) is 3.82. The smallest absolute Gasteiger partial charge is 0.197 e. The van der Waals surface area contributed by atoms with Gasteiger partial charge in [0, 0.05) is 0 Å². The summed E-state index contributed by atoms with van der Waals surface area (Å²) in [5.41, 5.74) is 7.49. The summed E-state index contributed by atoms with van der Waals surface area (Å²) in [6.45, 7) is 24.5. The predicted molar refractivity (Wildman–Crippen MR) is 164 cm³/mol.